The van der Waals surface area contributed by atoms with Crippen molar-refractivity contribution >= 4 is 28.8 Å². The molecule has 1 aliphatic heterocycles. The minimum atomic E-state index is -0.424. The predicted octanol–water partition coefficient (Wildman–Crippen LogP) is 3.19. The van der Waals surface area contributed by atoms with Crippen molar-refractivity contribution in [2.45, 2.75) is 12.5 Å². The number of para-hydroxylation sites is 1. The van der Waals surface area contributed by atoms with Crippen LogP contribution in [0.2, 0.25) is 0 Å². The summed E-state index contributed by atoms with van der Waals surface area (Å²) in [4.78, 5) is 24.8. The minimum Gasteiger partial charge on any atom is -0.459 e. The van der Waals surface area contributed by atoms with Gasteiger partial charge in [0, 0.05) is 11.1 Å². The van der Waals surface area contributed by atoms with Crippen LogP contribution in [0.3, 0.4) is 0 Å². The molecule has 0 saturated carbocycles. The first-order chi connectivity index (χ1) is 14.3. The molecule has 2 aromatic carbocycles. The molecule has 0 fully saturated rings. The average Bonchev–Trinajstić information content (AvgIpc) is 3.17. The number of ether oxygens (including phenoxy) is 1. The number of nitrogen functional groups attached to an aromatic ring is 1. The number of fused-ring (bicyclic) bond motifs is 2. The van der Waals surface area contributed by atoms with E-state index in [0.717, 1.165) is 23.0 Å². The van der Waals surface area contributed by atoms with Crippen LogP contribution in [0.25, 0.3) is 16.7 Å². The maximum atomic E-state index is 12.2. The molecule has 0 amide bonds. The third kappa shape index (κ3) is 2.84. The van der Waals surface area contributed by atoms with E-state index in [4.69, 9.17) is 10.5 Å². The lowest BCUT2D eigenvalue weighted by atomic mass is 9.84. The van der Waals surface area contributed by atoms with Gasteiger partial charge in [0.2, 0.25) is 0 Å². The lowest BCUT2D eigenvalue weighted by Crippen LogP contribution is -2.19. The molecule has 5 rings (SSSR count). The quantitative estimate of drug-likeness (QED) is 0.544. The van der Waals surface area contributed by atoms with Crippen LogP contribution in [-0.2, 0) is 11.3 Å². The zero-order chi connectivity index (χ0) is 19.8. The van der Waals surface area contributed by atoms with Crippen molar-refractivity contribution in [3.05, 3.63) is 84.1 Å². The SMILES string of the molecule is Nc1ncnc2c1ncn2CC1=C(c2ccccc2)C(C=O)c2ccccc2O1. The maximum absolute atomic E-state index is 12.2. The molecular formula is C22H17N5O2. The van der Waals surface area contributed by atoms with E-state index in [-0.39, 0.29) is 0 Å². The number of aldehydes is 1. The zero-order valence-electron chi connectivity index (χ0n) is 15.4. The molecule has 4 aromatic rings. The van der Waals surface area contributed by atoms with Crippen molar-refractivity contribution in [1.29, 1.82) is 0 Å². The summed E-state index contributed by atoms with van der Waals surface area (Å²) < 4.78 is 8.13. The Balaban J connectivity index is 1.69. The number of carbonyl (C=O) groups excluding carboxylic acids is 1. The van der Waals surface area contributed by atoms with Gasteiger partial charge in [-0.3, -0.25) is 0 Å². The number of benzene rings is 2. The predicted molar refractivity (Wildman–Crippen MR) is 109 cm³/mol. The van der Waals surface area contributed by atoms with Crippen LogP contribution in [0, 0.1) is 0 Å². The van der Waals surface area contributed by atoms with Crippen LogP contribution >= 0.6 is 0 Å². The molecule has 29 heavy (non-hydrogen) atoms. The number of imidazole rings is 1. The fraction of sp³-hybridized carbons (Fsp3) is 0.0909. The first-order valence-corrected chi connectivity index (χ1v) is 9.18. The highest BCUT2D eigenvalue weighted by atomic mass is 16.5. The number of carbonyl (C=O) groups is 1. The van der Waals surface area contributed by atoms with Gasteiger partial charge in [0.25, 0.3) is 0 Å². The Morgan fingerprint density at radius 3 is 2.66 bits per heavy atom. The number of hydrogen-bond acceptors (Lipinski definition) is 6. The minimum absolute atomic E-state index is 0.326. The molecule has 3 heterocycles. The Hall–Kier alpha value is -4.00. The first-order valence-electron chi connectivity index (χ1n) is 9.18. The first kappa shape index (κ1) is 17.1. The van der Waals surface area contributed by atoms with Gasteiger partial charge in [-0.2, -0.15) is 0 Å². The zero-order valence-corrected chi connectivity index (χ0v) is 15.4. The molecule has 0 spiro atoms. The van der Waals surface area contributed by atoms with Crippen LogP contribution in [0.15, 0.2) is 73.0 Å². The standard InChI is InChI=1S/C22H17N5O2/c23-21-20-22(25-12-24-21)27(13-26-20)10-18-19(14-6-2-1-3-7-14)16(11-28)15-8-4-5-9-17(15)29-18/h1-9,11-13,16H,10H2,(H2,23,24,25). The van der Waals surface area contributed by atoms with E-state index >= 15 is 0 Å². The normalized spacial score (nSPS) is 15.8. The molecule has 1 aliphatic rings. The van der Waals surface area contributed by atoms with Crippen LogP contribution in [-0.4, -0.2) is 25.8 Å². The lowest BCUT2D eigenvalue weighted by Gasteiger charge is -2.28. The molecule has 7 heteroatoms. The highest BCUT2D eigenvalue weighted by molar-refractivity contribution is 5.90. The van der Waals surface area contributed by atoms with Gasteiger partial charge >= 0.3 is 0 Å². The summed E-state index contributed by atoms with van der Waals surface area (Å²) >= 11 is 0. The van der Waals surface area contributed by atoms with E-state index in [1.165, 1.54) is 6.33 Å². The monoisotopic (exact) mass is 383 g/mol. The molecule has 7 nitrogen and oxygen atoms in total. The van der Waals surface area contributed by atoms with Gasteiger partial charge in [-0.05, 0) is 11.6 Å². The van der Waals surface area contributed by atoms with Gasteiger partial charge in [0.15, 0.2) is 11.5 Å². The average molecular weight is 383 g/mol. The number of rotatable bonds is 4. The fourth-order valence-electron chi connectivity index (χ4n) is 3.73. The van der Waals surface area contributed by atoms with Gasteiger partial charge < -0.3 is 19.8 Å². The largest absolute Gasteiger partial charge is 0.459 e. The van der Waals surface area contributed by atoms with Crippen LogP contribution in [0.4, 0.5) is 5.82 Å². The molecule has 142 valence electrons. The Morgan fingerprint density at radius 2 is 1.83 bits per heavy atom. The topological polar surface area (TPSA) is 95.9 Å². The summed E-state index contributed by atoms with van der Waals surface area (Å²) in [6.45, 7) is 0.357. The summed E-state index contributed by atoms with van der Waals surface area (Å²) in [5, 5.41) is 0. The highest BCUT2D eigenvalue weighted by Crippen LogP contribution is 2.43. The van der Waals surface area contributed by atoms with Gasteiger partial charge in [-0.1, -0.05) is 48.5 Å². The second-order valence-electron chi connectivity index (χ2n) is 6.76. The number of allylic oxidation sites excluding steroid dienone is 2. The Labute approximate surface area is 166 Å². The Bertz CT molecular complexity index is 1250. The number of hydrogen-bond donors (Lipinski definition) is 1. The second kappa shape index (κ2) is 6.87. The van der Waals surface area contributed by atoms with Gasteiger partial charge in [-0.25, -0.2) is 15.0 Å². The van der Waals surface area contributed by atoms with Crippen molar-refractivity contribution in [1.82, 2.24) is 19.5 Å². The summed E-state index contributed by atoms with van der Waals surface area (Å²) in [7, 11) is 0. The molecule has 0 radical (unpaired) electrons. The van der Waals surface area contributed by atoms with Crippen LogP contribution < -0.4 is 10.5 Å². The number of nitrogens with zero attached hydrogens (tertiary/aromatic N) is 4. The lowest BCUT2D eigenvalue weighted by molar-refractivity contribution is -0.108. The molecule has 1 unspecified atom stereocenters. The van der Waals surface area contributed by atoms with Crippen LogP contribution in [0.5, 0.6) is 5.75 Å². The summed E-state index contributed by atoms with van der Waals surface area (Å²) in [5.41, 5.74) is 9.69. The van der Waals surface area contributed by atoms with E-state index in [0.29, 0.717) is 35.0 Å². The van der Waals surface area contributed by atoms with Gasteiger partial charge in [0.1, 0.15) is 29.6 Å². The van der Waals surface area contributed by atoms with Crippen molar-refractivity contribution in [2.24, 2.45) is 0 Å². The smallest absolute Gasteiger partial charge is 0.165 e. The number of anilines is 1. The third-order valence-corrected chi connectivity index (χ3v) is 5.06. The van der Waals surface area contributed by atoms with E-state index in [9.17, 15) is 4.79 Å². The molecular weight excluding hydrogens is 366 g/mol. The van der Waals surface area contributed by atoms with E-state index in [1.807, 2.05) is 59.2 Å². The van der Waals surface area contributed by atoms with E-state index in [2.05, 4.69) is 15.0 Å². The van der Waals surface area contributed by atoms with Crippen molar-refractivity contribution in [3.63, 3.8) is 0 Å². The summed E-state index contributed by atoms with van der Waals surface area (Å²) in [6.07, 6.45) is 4.04. The number of nitrogens with two attached hydrogens (primary N) is 1. The van der Waals surface area contributed by atoms with Crippen molar-refractivity contribution < 1.29 is 9.53 Å². The molecule has 2 N–H and O–H groups in total. The molecule has 1 atom stereocenters. The Kier molecular flexibility index (Phi) is 4.05. The third-order valence-electron chi connectivity index (χ3n) is 5.06. The van der Waals surface area contributed by atoms with Crippen molar-refractivity contribution in [3.8, 4) is 5.75 Å². The Morgan fingerprint density at radius 1 is 1.03 bits per heavy atom. The summed E-state index contributed by atoms with van der Waals surface area (Å²) in [5.74, 6) is 1.25. The molecule has 0 saturated heterocycles. The van der Waals surface area contributed by atoms with Crippen LogP contribution in [0.1, 0.15) is 17.0 Å². The van der Waals surface area contributed by atoms with Gasteiger partial charge in [0.05, 0.1) is 18.8 Å². The highest BCUT2D eigenvalue weighted by Gasteiger charge is 2.30. The molecule has 2 aromatic heterocycles. The fourth-order valence-corrected chi connectivity index (χ4v) is 3.73. The molecule has 0 aliphatic carbocycles. The number of aromatic nitrogens is 4. The van der Waals surface area contributed by atoms with Gasteiger partial charge in [-0.15, -0.1) is 0 Å². The molecule has 0 bridgehead atoms. The van der Waals surface area contributed by atoms with E-state index in [1.54, 1.807) is 6.33 Å². The second-order valence-corrected chi connectivity index (χ2v) is 6.76. The van der Waals surface area contributed by atoms with E-state index < -0.39 is 5.92 Å². The summed E-state index contributed by atoms with van der Waals surface area (Å²) in [6, 6.07) is 17.4. The maximum Gasteiger partial charge on any atom is 0.165 e. The van der Waals surface area contributed by atoms with Crippen molar-refractivity contribution in [2.75, 3.05) is 5.73 Å².